The van der Waals surface area contributed by atoms with Gasteiger partial charge in [0.1, 0.15) is 12.6 Å². The Bertz CT molecular complexity index is 627. The second kappa shape index (κ2) is 7.11. The molecule has 132 valence electrons. The van der Waals surface area contributed by atoms with Crippen molar-refractivity contribution in [1.29, 1.82) is 0 Å². The molecule has 2 unspecified atom stereocenters. The van der Waals surface area contributed by atoms with Crippen LogP contribution in [0.25, 0.3) is 0 Å². The number of ketones is 1. The minimum atomic E-state index is -1.44. The van der Waals surface area contributed by atoms with Gasteiger partial charge in [-0.3, -0.25) is 4.79 Å². The minimum Gasteiger partial charge on any atom is -0.477 e. The number of carbonyl (C=O) groups excluding carboxylic acids is 2. The van der Waals surface area contributed by atoms with E-state index in [1.54, 1.807) is 45.0 Å². The van der Waals surface area contributed by atoms with Crippen molar-refractivity contribution in [2.24, 2.45) is 0 Å². The molecule has 7 nitrogen and oxygen atoms in total. The monoisotopic (exact) mass is 338 g/mol. The van der Waals surface area contributed by atoms with Gasteiger partial charge in [-0.1, -0.05) is 28.9 Å². The van der Waals surface area contributed by atoms with Crippen LogP contribution in [0.1, 0.15) is 43.6 Å². The highest BCUT2D eigenvalue weighted by Gasteiger charge is 2.48. The average Bonchev–Trinajstić information content (AvgIpc) is 2.42. The molecule has 0 aliphatic heterocycles. The first-order chi connectivity index (χ1) is 10.8. The van der Waals surface area contributed by atoms with Crippen molar-refractivity contribution in [2.75, 3.05) is 7.05 Å². The van der Waals surface area contributed by atoms with Gasteiger partial charge in [0.2, 0.25) is 6.04 Å². The maximum absolute atomic E-state index is 12.2. The average molecular weight is 338 g/mol. The smallest absolute Gasteiger partial charge is 0.477 e. The summed E-state index contributed by atoms with van der Waals surface area (Å²) in [5, 5.41) is 19.8. The predicted octanol–water partition coefficient (Wildman–Crippen LogP) is 2.66. The van der Waals surface area contributed by atoms with Crippen molar-refractivity contribution in [1.82, 2.24) is 0 Å². The molecule has 0 fully saturated rings. The summed E-state index contributed by atoms with van der Waals surface area (Å²) in [6.07, 6.45) is -1.14. The Morgan fingerprint density at radius 3 is 2.04 bits per heavy atom. The van der Waals surface area contributed by atoms with Crippen molar-refractivity contribution >= 4 is 17.8 Å². The van der Waals surface area contributed by atoms with Crippen molar-refractivity contribution in [3.8, 4) is 0 Å². The summed E-state index contributed by atoms with van der Waals surface area (Å²) in [6, 6.07) is 4.91. The molecule has 0 spiro atoms. The molecule has 0 aromatic heterocycles. The zero-order valence-electron chi connectivity index (χ0n) is 14.6. The molecule has 24 heavy (non-hydrogen) atoms. The summed E-state index contributed by atoms with van der Waals surface area (Å²) < 4.78 is 3.67. The van der Waals surface area contributed by atoms with Crippen LogP contribution in [-0.4, -0.2) is 51.5 Å². The molecule has 0 bridgehead atoms. The zero-order chi connectivity index (χ0) is 18.7. The number of likely N-dealkylation sites (N-methyl/N-ethyl adjacent to an activating group) is 1. The van der Waals surface area contributed by atoms with E-state index >= 15 is 0 Å². The van der Waals surface area contributed by atoms with Crippen LogP contribution >= 0.6 is 0 Å². The molecule has 1 rings (SSSR count). The van der Waals surface area contributed by atoms with Crippen LogP contribution in [0.2, 0.25) is 0 Å². The van der Waals surface area contributed by atoms with Gasteiger partial charge >= 0.3 is 12.1 Å². The van der Waals surface area contributed by atoms with E-state index < -0.39 is 28.4 Å². The zero-order valence-corrected chi connectivity index (χ0v) is 14.6. The Kier molecular flexibility index (Phi) is 5.86. The number of hydrogen-bond acceptors (Lipinski definition) is 5. The highest BCUT2D eigenvalue weighted by Crippen LogP contribution is 2.19. The number of hydrogen-bond donors (Lipinski definition) is 2. The lowest BCUT2D eigenvalue weighted by Crippen LogP contribution is -2.59. The standard InChI is InChI=1S/C17H23NO6/c1-11(19)13-8-6-12(7-9-13)10-14(15(20)21)18(5,23)16(22)24-17(2,3)4/h6-9,14,23H,10H2,1-5H3/p+1. The van der Waals surface area contributed by atoms with Crippen LogP contribution in [0.4, 0.5) is 4.79 Å². The fraction of sp³-hybridized carbons (Fsp3) is 0.471. The first kappa shape index (κ1) is 19.8. The number of carbonyl (C=O) groups is 3. The second-order valence-corrected chi connectivity index (χ2v) is 6.82. The van der Waals surface area contributed by atoms with Gasteiger partial charge < -0.3 is 9.84 Å². The molecule has 1 aromatic rings. The third kappa shape index (κ3) is 5.14. The molecule has 0 aliphatic rings. The molecule has 0 aliphatic carbocycles. The summed E-state index contributed by atoms with van der Waals surface area (Å²) in [5.41, 5.74) is 0.222. The largest absolute Gasteiger partial charge is 0.550 e. The van der Waals surface area contributed by atoms with Crippen LogP contribution in [0.15, 0.2) is 24.3 Å². The lowest BCUT2D eigenvalue weighted by molar-refractivity contribution is -1.04. The second-order valence-electron chi connectivity index (χ2n) is 6.82. The van der Waals surface area contributed by atoms with E-state index in [0.29, 0.717) is 11.1 Å². The van der Waals surface area contributed by atoms with Gasteiger partial charge in [0.15, 0.2) is 5.78 Å². The summed E-state index contributed by atoms with van der Waals surface area (Å²) in [4.78, 5) is 35.0. The van der Waals surface area contributed by atoms with Crippen molar-refractivity contribution in [3.63, 3.8) is 0 Å². The number of Topliss-reactive ketones (excluding diaryl/α,β-unsaturated/α-hetero) is 1. The van der Waals surface area contributed by atoms with Gasteiger partial charge in [-0.25, -0.2) is 10.0 Å². The maximum atomic E-state index is 12.2. The van der Waals surface area contributed by atoms with E-state index in [9.17, 15) is 24.7 Å². The highest BCUT2D eigenvalue weighted by atomic mass is 16.7. The van der Waals surface area contributed by atoms with E-state index in [1.165, 1.54) is 6.92 Å². The van der Waals surface area contributed by atoms with Crippen molar-refractivity contribution < 1.29 is 34.1 Å². The number of carboxylic acids is 1. The third-order valence-electron chi connectivity index (χ3n) is 3.44. The Balaban J connectivity index is 3.03. The van der Waals surface area contributed by atoms with Crippen molar-refractivity contribution in [2.45, 2.75) is 45.8 Å². The molecule has 0 saturated carbocycles. The Morgan fingerprint density at radius 2 is 1.67 bits per heavy atom. The SMILES string of the molecule is CC(=O)c1ccc(CC(C(=O)O)[N+](C)(O)C(=O)OC(C)(C)C)cc1. The molecule has 1 amide bonds. The summed E-state index contributed by atoms with van der Waals surface area (Å²) in [7, 11) is 1.08. The van der Waals surface area contributed by atoms with Crippen LogP contribution < -0.4 is 0 Å². The van der Waals surface area contributed by atoms with Crippen molar-refractivity contribution in [3.05, 3.63) is 35.4 Å². The molecule has 2 N–H and O–H groups in total. The summed E-state index contributed by atoms with van der Waals surface area (Å²) >= 11 is 0. The van der Waals surface area contributed by atoms with E-state index in [2.05, 4.69) is 0 Å². The van der Waals surface area contributed by atoms with Crippen LogP contribution in [0.3, 0.4) is 0 Å². The number of quaternary nitrogens is 1. The Hall–Kier alpha value is -2.25. The molecule has 2 atom stereocenters. The molecule has 1 aromatic carbocycles. The number of aliphatic carboxylic acids is 1. The summed E-state index contributed by atoms with van der Waals surface area (Å²) in [6.45, 7) is 6.31. The Labute approximate surface area is 141 Å². The van der Waals surface area contributed by atoms with Gasteiger partial charge in [0.05, 0.1) is 0 Å². The quantitative estimate of drug-likeness (QED) is 0.370. The molecular weight excluding hydrogens is 314 g/mol. The van der Waals surface area contributed by atoms with Gasteiger partial charge in [-0.05, 0) is 33.3 Å². The number of rotatable bonds is 5. The van der Waals surface area contributed by atoms with Crippen LogP contribution in [-0.2, 0) is 16.0 Å². The molecule has 0 radical (unpaired) electrons. The number of ether oxygens (including phenoxy) is 1. The van der Waals surface area contributed by atoms with E-state index in [1.807, 2.05) is 0 Å². The number of amides is 1. The molecule has 7 heteroatoms. The first-order valence-corrected chi connectivity index (χ1v) is 7.50. The molecule has 0 heterocycles. The first-order valence-electron chi connectivity index (χ1n) is 7.50. The minimum absolute atomic E-state index is 0.0975. The van der Waals surface area contributed by atoms with Crippen LogP contribution in [0, 0.1) is 0 Å². The van der Waals surface area contributed by atoms with Gasteiger partial charge in [0.25, 0.3) is 0 Å². The fourth-order valence-electron chi connectivity index (χ4n) is 2.06. The topological polar surface area (TPSA) is 101 Å². The number of hydroxylamine groups is 3. The predicted molar refractivity (Wildman–Crippen MR) is 85.8 cm³/mol. The highest BCUT2D eigenvalue weighted by molar-refractivity contribution is 5.94. The van der Waals surface area contributed by atoms with Gasteiger partial charge in [-0.15, -0.1) is 0 Å². The van der Waals surface area contributed by atoms with Crippen LogP contribution in [0.5, 0.6) is 0 Å². The normalized spacial score (nSPS) is 15.2. The lowest BCUT2D eigenvalue weighted by Gasteiger charge is -2.30. The third-order valence-corrected chi connectivity index (χ3v) is 3.44. The maximum Gasteiger partial charge on any atom is 0.550 e. The van der Waals surface area contributed by atoms with E-state index in [4.69, 9.17) is 4.74 Å². The lowest BCUT2D eigenvalue weighted by atomic mass is 10.0. The van der Waals surface area contributed by atoms with E-state index in [-0.39, 0.29) is 12.2 Å². The summed E-state index contributed by atoms with van der Waals surface area (Å²) in [5.74, 6) is -1.44. The fourth-order valence-corrected chi connectivity index (χ4v) is 2.06. The molecular formula is C17H24NO6+. The van der Waals surface area contributed by atoms with Gasteiger partial charge in [0, 0.05) is 12.0 Å². The number of benzene rings is 1. The Morgan fingerprint density at radius 1 is 1.17 bits per heavy atom. The number of nitrogens with zero attached hydrogens (tertiary/aromatic N) is 1. The van der Waals surface area contributed by atoms with Gasteiger partial charge in [-0.2, -0.15) is 4.79 Å². The van der Waals surface area contributed by atoms with E-state index in [0.717, 1.165) is 7.05 Å². The molecule has 0 saturated heterocycles. The number of carboxylic acid groups (broad SMARTS) is 1.